The van der Waals surface area contributed by atoms with Gasteiger partial charge >= 0.3 is 0 Å². The zero-order valence-corrected chi connectivity index (χ0v) is 63.0. The summed E-state index contributed by atoms with van der Waals surface area (Å²) in [5.74, 6) is 14.0. The fourth-order valence-electron chi connectivity index (χ4n) is 13.3. The van der Waals surface area contributed by atoms with E-state index in [4.69, 9.17) is 0 Å². The third-order valence-electron chi connectivity index (χ3n) is 19.3. The number of halogens is 2. The number of anilines is 2. The van der Waals surface area contributed by atoms with Crippen LogP contribution in [0, 0.1) is 23.7 Å². The molecule has 2 nitrogen and oxygen atoms in total. The van der Waals surface area contributed by atoms with Crippen molar-refractivity contribution < 1.29 is 0 Å². The molecule has 0 aliphatic carbocycles. The zero-order valence-electron chi connectivity index (χ0n) is 59.9. The first-order valence-corrected chi connectivity index (χ1v) is 41.3. The lowest BCUT2D eigenvalue weighted by Gasteiger charge is -2.25. The van der Waals surface area contributed by atoms with Gasteiger partial charge in [0.1, 0.15) is 0 Å². The van der Waals surface area contributed by atoms with Crippen LogP contribution < -0.4 is 9.80 Å². The highest BCUT2D eigenvalue weighted by molar-refractivity contribution is 9.11. The molecule has 0 spiro atoms. The SMILES string of the molecule is CCCCCCCCCCCCCCCCN(CCCCCCCCCCCCCCCC)c1ccc(C#Cc2cc(Br)c(C#Cc3ccc(N(CCCCCCCCCCCCCCCC)CCCCCCCCCCCCCCCC)cc3)cc2Br)cc1. The Bertz CT molecular complexity index is 1950. The lowest BCUT2D eigenvalue weighted by atomic mass is 10.0. The summed E-state index contributed by atoms with van der Waals surface area (Å²) in [6.45, 7) is 13.9. The Balaban J connectivity index is 1.53. The highest BCUT2D eigenvalue weighted by Crippen LogP contribution is 2.27. The van der Waals surface area contributed by atoms with Crippen LogP contribution in [-0.4, -0.2) is 26.2 Å². The lowest BCUT2D eigenvalue weighted by molar-refractivity contribution is 0.529. The molecule has 0 N–H and O–H groups in total. The first-order chi connectivity index (χ1) is 44.5. The van der Waals surface area contributed by atoms with Gasteiger partial charge in [-0.25, -0.2) is 0 Å². The van der Waals surface area contributed by atoms with E-state index in [1.54, 1.807) is 0 Å². The van der Waals surface area contributed by atoms with E-state index in [2.05, 4.69) is 154 Å². The second-order valence-electron chi connectivity index (χ2n) is 27.8. The third-order valence-corrected chi connectivity index (χ3v) is 20.6. The van der Waals surface area contributed by atoms with E-state index in [9.17, 15) is 0 Å². The van der Waals surface area contributed by atoms with Crippen molar-refractivity contribution in [3.8, 4) is 23.7 Å². The van der Waals surface area contributed by atoms with Gasteiger partial charge in [0.2, 0.25) is 0 Å². The van der Waals surface area contributed by atoms with Crippen molar-refractivity contribution in [3.63, 3.8) is 0 Å². The topological polar surface area (TPSA) is 6.48 Å². The molecule has 0 saturated heterocycles. The summed E-state index contributed by atoms with van der Waals surface area (Å²) < 4.78 is 1.95. The minimum Gasteiger partial charge on any atom is -0.372 e. The number of benzene rings is 3. The monoisotopic (exact) mass is 1360 g/mol. The van der Waals surface area contributed by atoms with E-state index in [-0.39, 0.29) is 0 Å². The lowest BCUT2D eigenvalue weighted by Crippen LogP contribution is -2.25. The maximum Gasteiger partial charge on any atom is 0.0403 e. The van der Waals surface area contributed by atoms with Crippen LogP contribution in [0.4, 0.5) is 11.4 Å². The van der Waals surface area contributed by atoms with Gasteiger partial charge in [-0.15, -0.1) is 0 Å². The zero-order chi connectivity index (χ0) is 64.1. The summed E-state index contributed by atoms with van der Waals surface area (Å²) in [4.78, 5) is 5.36. The van der Waals surface area contributed by atoms with Crippen molar-refractivity contribution in [3.05, 3.63) is 91.9 Å². The van der Waals surface area contributed by atoms with Gasteiger partial charge in [0.15, 0.2) is 0 Å². The Morgan fingerprint density at radius 1 is 0.222 bits per heavy atom. The Labute approximate surface area is 578 Å². The normalized spacial score (nSPS) is 11.3. The molecule has 0 fully saturated rings. The molecule has 0 atom stereocenters. The van der Waals surface area contributed by atoms with Crippen LogP contribution in [0.1, 0.15) is 410 Å². The summed E-state index contributed by atoms with van der Waals surface area (Å²) in [6, 6.07) is 22.5. The van der Waals surface area contributed by atoms with Crippen molar-refractivity contribution in [1.82, 2.24) is 0 Å². The molecular weight excluding hydrogens is 1220 g/mol. The molecule has 510 valence electrons. The summed E-state index contributed by atoms with van der Waals surface area (Å²) >= 11 is 7.76. The van der Waals surface area contributed by atoms with Crippen LogP contribution in [-0.2, 0) is 0 Å². The fourth-order valence-corrected chi connectivity index (χ4v) is 14.1. The summed E-state index contributed by atoms with van der Waals surface area (Å²) in [5, 5.41) is 0. The van der Waals surface area contributed by atoms with E-state index in [0.717, 1.165) is 57.4 Å². The Morgan fingerprint density at radius 2 is 0.389 bits per heavy atom. The minimum atomic E-state index is 0.968. The molecule has 3 aromatic carbocycles. The Kier molecular flexibility index (Phi) is 55.5. The molecule has 0 aromatic heterocycles. The maximum atomic E-state index is 3.88. The second kappa shape index (κ2) is 61.2. The summed E-state index contributed by atoms with van der Waals surface area (Å²) in [5.41, 5.74) is 6.75. The third kappa shape index (κ3) is 45.6. The largest absolute Gasteiger partial charge is 0.372 e. The van der Waals surface area contributed by atoms with Crippen molar-refractivity contribution in [2.24, 2.45) is 0 Å². The van der Waals surface area contributed by atoms with Gasteiger partial charge in [-0.05, 0) is 118 Å². The van der Waals surface area contributed by atoms with E-state index < -0.39 is 0 Å². The molecular formula is C86H142Br2N2. The molecule has 0 unspecified atom stereocenters. The quantitative estimate of drug-likeness (QED) is 0.0411. The van der Waals surface area contributed by atoms with Gasteiger partial charge in [-0.1, -0.05) is 385 Å². The first-order valence-electron chi connectivity index (χ1n) is 39.7. The molecule has 3 aromatic rings. The fraction of sp³-hybridized carbons (Fsp3) is 0.744. The first kappa shape index (κ1) is 81.6. The van der Waals surface area contributed by atoms with Crippen LogP contribution in [0.3, 0.4) is 0 Å². The minimum absolute atomic E-state index is 0.968. The van der Waals surface area contributed by atoms with Gasteiger partial charge in [-0.2, -0.15) is 0 Å². The van der Waals surface area contributed by atoms with Gasteiger partial charge in [0, 0.05) is 68.8 Å². The molecule has 0 aliphatic heterocycles. The average molecular weight is 1360 g/mol. The summed E-state index contributed by atoms with van der Waals surface area (Å²) in [6.07, 6.45) is 78.7. The highest BCUT2D eigenvalue weighted by Gasteiger charge is 2.11. The van der Waals surface area contributed by atoms with Gasteiger partial charge < -0.3 is 9.80 Å². The highest BCUT2D eigenvalue weighted by atomic mass is 79.9. The van der Waals surface area contributed by atoms with Crippen LogP contribution in [0.5, 0.6) is 0 Å². The van der Waals surface area contributed by atoms with Crippen molar-refractivity contribution >= 4 is 43.2 Å². The molecule has 0 amide bonds. The van der Waals surface area contributed by atoms with Crippen LogP contribution in [0.2, 0.25) is 0 Å². The maximum absolute atomic E-state index is 3.88. The van der Waals surface area contributed by atoms with E-state index in [0.29, 0.717) is 0 Å². The van der Waals surface area contributed by atoms with Crippen LogP contribution in [0.15, 0.2) is 69.6 Å². The van der Waals surface area contributed by atoms with Gasteiger partial charge in [0.05, 0.1) is 0 Å². The number of unbranched alkanes of at least 4 members (excludes halogenated alkanes) is 52. The van der Waals surface area contributed by atoms with Gasteiger partial charge in [0.25, 0.3) is 0 Å². The molecule has 4 heteroatoms. The molecule has 0 saturated carbocycles. The van der Waals surface area contributed by atoms with E-state index >= 15 is 0 Å². The number of rotatable bonds is 62. The predicted molar refractivity (Wildman–Crippen MR) is 412 cm³/mol. The molecule has 0 aliphatic rings. The molecule has 90 heavy (non-hydrogen) atoms. The summed E-state index contributed by atoms with van der Waals surface area (Å²) in [7, 11) is 0. The van der Waals surface area contributed by atoms with Crippen molar-refractivity contribution in [2.45, 2.75) is 387 Å². The molecule has 0 bridgehead atoms. The van der Waals surface area contributed by atoms with Crippen LogP contribution >= 0.6 is 31.9 Å². The number of hydrogen-bond donors (Lipinski definition) is 0. The Hall–Kier alpha value is -2.66. The molecule has 0 radical (unpaired) electrons. The Morgan fingerprint density at radius 3 is 0.567 bits per heavy atom. The molecule has 0 heterocycles. The van der Waals surface area contributed by atoms with Crippen molar-refractivity contribution in [1.29, 1.82) is 0 Å². The number of hydrogen-bond acceptors (Lipinski definition) is 2. The smallest absolute Gasteiger partial charge is 0.0403 e. The van der Waals surface area contributed by atoms with E-state index in [1.165, 1.54) is 371 Å². The van der Waals surface area contributed by atoms with E-state index in [1.807, 2.05) is 0 Å². The van der Waals surface area contributed by atoms with Gasteiger partial charge in [-0.3, -0.25) is 0 Å². The van der Waals surface area contributed by atoms with Crippen LogP contribution in [0.25, 0.3) is 0 Å². The molecule has 3 rings (SSSR count). The predicted octanol–water partition coefficient (Wildman–Crippen LogP) is 29.5. The second-order valence-corrected chi connectivity index (χ2v) is 29.5. The number of nitrogens with zero attached hydrogens (tertiary/aromatic N) is 2. The average Bonchev–Trinajstić information content (AvgIpc) is 1.94. The standard InChI is InChI=1S/C86H142Br2N2/c1-5-9-13-17-21-25-29-33-37-41-45-49-53-57-73-89(74-58-54-50-46-42-38-34-30-26-22-18-14-10-6-2)83-69-63-79(64-70-83)61-67-81-77-86(88)82(78-85(81)87)68-62-80-65-71-84(72-66-80)90(75-59-55-51-47-43-39-35-31-27-23-19-15-11-7-3)76-60-56-52-48-44-40-36-32-28-24-20-16-12-8-4/h63-66,69-72,77-78H,5-60,73-76H2,1-4H3. The van der Waals surface area contributed by atoms with Crippen molar-refractivity contribution in [2.75, 3.05) is 36.0 Å².